The van der Waals surface area contributed by atoms with Crippen LogP contribution in [-0.2, 0) is 16.4 Å². The van der Waals surface area contributed by atoms with Crippen molar-refractivity contribution in [3.05, 3.63) is 40.6 Å². The van der Waals surface area contributed by atoms with Gasteiger partial charge in [0.15, 0.2) is 0 Å². The molecule has 102 valence electrons. The highest BCUT2D eigenvalue weighted by Gasteiger charge is 2.15. The van der Waals surface area contributed by atoms with E-state index in [9.17, 15) is 12.8 Å². The minimum absolute atomic E-state index is 0.0817. The van der Waals surface area contributed by atoms with E-state index < -0.39 is 15.8 Å². The highest BCUT2D eigenvalue weighted by Crippen LogP contribution is 2.16. The van der Waals surface area contributed by atoms with Crippen LogP contribution in [0.15, 0.2) is 34.7 Å². The minimum Gasteiger partial charge on any atom is -0.396 e. The first-order chi connectivity index (χ1) is 8.99. The highest BCUT2D eigenvalue weighted by molar-refractivity contribution is 7.89. The van der Waals surface area contributed by atoms with Crippen LogP contribution in [0.2, 0.25) is 0 Å². The van der Waals surface area contributed by atoms with Crippen molar-refractivity contribution in [2.75, 3.05) is 12.3 Å². The van der Waals surface area contributed by atoms with Crippen LogP contribution >= 0.6 is 11.3 Å². The number of nitrogens with zero attached hydrogens (tertiary/aromatic N) is 1. The highest BCUT2D eigenvalue weighted by atomic mass is 32.2. The number of hydrogen-bond acceptors (Lipinski definition) is 5. The van der Waals surface area contributed by atoms with E-state index in [1.807, 2.05) is 5.38 Å². The molecule has 0 spiro atoms. The second-order valence-corrected chi connectivity index (χ2v) is 6.50. The van der Waals surface area contributed by atoms with E-state index in [2.05, 4.69) is 9.71 Å². The lowest BCUT2D eigenvalue weighted by molar-refractivity contribution is 0.578. The third-order valence-electron chi connectivity index (χ3n) is 2.40. The summed E-state index contributed by atoms with van der Waals surface area (Å²) in [5, 5.41) is 2.66. The molecule has 0 unspecified atom stereocenters. The van der Waals surface area contributed by atoms with Crippen molar-refractivity contribution in [2.24, 2.45) is 0 Å². The van der Waals surface area contributed by atoms with Crippen LogP contribution in [0.3, 0.4) is 0 Å². The van der Waals surface area contributed by atoms with Gasteiger partial charge in [-0.3, -0.25) is 0 Å². The SMILES string of the molecule is Nc1ccc(S(=O)(=O)NCCc2nccs2)cc1F. The number of sulfonamides is 1. The summed E-state index contributed by atoms with van der Waals surface area (Å²) >= 11 is 1.45. The molecule has 2 aromatic rings. The summed E-state index contributed by atoms with van der Waals surface area (Å²) in [4.78, 5) is 3.90. The fourth-order valence-electron chi connectivity index (χ4n) is 1.43. The Kier molecular flexibility index (Phi) is 4.13. The monoisotopic (exact) mass is 301 g/mol. The molecule has 0 saturated heterocycles. The van der Waals surface area contributed by atoms with Crippen LogP contribution in [0.1, 0.15) is 5.01 Å². The maximum atomic E-state index is 13.2. The average molecular weight is 301 g/mol. The Hall–Kier alpha value is -1.51. The summed E-state index contributed by atoms with van der Waals surface area (Å²) < 4.78 is 39.4. The number of halogens is 1. The van der Waals surface area contributed by atoms with Crippen LogP contribution in [0, 0.1) is 5.82 Å². The number of benzene rings is 1. The van der Waals surface area contributed by atoms with Gasteiger partial charge in [0.2, 0.25) is 10.0 Å². The molecule has 0 aliphatic carbocycles. The Labute approximate surface area is 114 Å². The molecule has 0 aliphatic rings. The van der Waals surface area contributed by atoms with Gasteiger partial charge in [0.25, 0.3) is 0 Å². The van der Waals surface area contributed by atoms with Crippen LogP contribution in [0.25, 0.3) is 0 Å². The molecule has 0 fully saturated rings. The second-order valence-electron chi connectivity index (χ2n) is 3.76. The number of thiazole rings is 1. The lowest BCUT2D eigenvalue weighted by atomic mass is 10.3. The molecule has 0 amide bonds. The maximum absolute atomic E-state index is 13.2. The van der Waals surface area contributed by atoms with Gasteiger partial charge < -0.3 is 5.73 Å². The van der Waals surface area contributed by atoms with E-state index in [-0.39, 0.29) is 17.1 Å². The van der Waals surface area contributed by atoms with E-state index in [1.54, 1.807) is 6.20 Å². The molecule has 5 nitrogen and oxygen atoms in total. The van der Waals surface area contributed by atoms with Crippen molar-refractivity contribution in [3.8, 4) is 0 Å². The third-order valence-corrected chi connectivity index (χ3v) is 4.69. The average Bonchev–Trinajstić information content (AvgIpc) is 2.85. The lowest BCUT2D eigenvalue weighted by Gasteiger charge is -2.06. The van der Waals surface area contributed by atoms with Crippen LogP contribution in [0.4, 0.5) is 10.1 Å². The molecule has 3 N–H and O–H groups in total. The Morgan fingerprint density at radius 1 is 1.42 bits per heavy atom. The van der Waals surface area contributed by atoms with Gasteiger partial charge in [0.1, 0.15) is 5.82 Å². The quantitative estimate of drug-likeness (QED) is 0.817. The summed E-state index contributed by atoms with van der Waals surface area (Å²) in [7, 11) is -3.72. The predicted molar refractivity (Wildman–Crippen MR) is 71.8 cm³/mol. The summed E-state index contributed by atoms with van der Waals surface area (Å²) in [6.07, 6.45) is 2.15. The molecule has 1 heterocycles. The molecule has 0 radical (unpaired) electrons. The van der Waals surface area contributed by atoms with Gasteiger partial charge in [-0.05, 0) is 18.2 Å². The van der Waals surface area contributed by atoms with Gasteiger partial charge in [0, 0.05) is 24.5 Å². The van der Waals surface area contributed by atoms with E-state index in [4.69, 9.17) is 5.73 Å². The van der Waals surface area contributed by atoms with E-state index in [1.165, 1.54) is 23.5 Å². The lowest BCUT2D eigenvalue weighted by Crippen LogP contribution is -2.26. The molecule has 0 bridgehead atoms. The predicted octanol–water partition coefficient (Wildman–Crippen LogP) is 1.39. The number of anilines is 1. The topological polar surface area (TPSA) is 85.1 Å². The van der Waals surface area contributed by atoms with Crippen molar-refractivity contribution < 1.29 is 12.8 Å². The molecule has 0 atom stereocenters. The zero-order valence-corrected chi connectivity index (χ0v) is 11.5. The van der Waals surface area contributed by atoms with E-state index in [0.29, 0.717) is 6.42 Å². The smallest absolute Gasteiger partial charge is 0.240 e. The first kappa shape index (κ1) is 13.9. The molecule has 2 rings (SSSR count). The van der Waals surface area contributed by atoms with Gasteiger partial charge in [-0.2, -0.15) is 0 Å². The van der Waals surface area contributed by atoms with Crippen molar-refractivity contribution in [1.82, 2.24) is 9.71 Å². The van der Waals surface area contributed by atoms with E-state index >= 15 is 0 Å². The van der Waals surface area contributed by atoms with Crippen LogP contribution < -0.4 is 10.5 Å². The number of aromatic nitrogens is 1. The van der Waals surface area contributed by atoms with Gasteiger partial charge in [-0.25, -0.2) is 22.5 Å². The van der Waals surface area contributed by atoms with Gasteiger partial charge in [0.05, 0.1) is 15.6 Å². The fraction of sp³-hybridized carbons (Fsp3) is 0.182. The number of nitrogens with one attached hydrogen (secondary N) is 1. The summed E-state index contributed by atoms with van der Waals surface area (Å²) in [6.45, 7) is 0.210. The zero-order valence-electron chi connectivity index (χ0n) is 9.84. The molecular formula is C11H12FN3O2S2. The Balaban J connectivity index is 2.03. The van der Waals surface area contributed by atoms with Gasteiger partial charge in [-0.1, -0.05) is 0 Å². The van der Waals surface area contributed by atoms with Crippen molar-refractivity contribution in [3.63, 3.8) is 0 Å². The third kappa shape index (κ3) is 3.49. The van der Waals surface area contributed by atoms with Crippen LogP contribution in [-0.4, -0.2) is 19.9 Å². The molecule has 0 aliphatic heterocycles. The van der Waals surface area contributed by atoms with Crippen molar-refractivity contribution in [2.45, 2.75) is 11.3 Å². The first-order valence-corrected chi connectivity index (χ1v) is 7.78. The number of rotatable bonds is 5. The second kappa shape index (κ2) is 5.64. The summed E-state index contributed by atoms with van der Waals surface area (Å²) in [5.74, 6) is -0.747. The Bertz CT molecular complexity index is 657. The molecular weight excluding hydrogens is 289 g/mol. The maximum Gasteiger partial charge on any atom is 0.240 e. The van der Waals surface area contributed by atoms with Gasteiger partial charge in [-0.15, -0.1) is 11.3 Å². The van der Waals surface area contributed by atoms with Crippen molar-refractivity contribution in [1.29, 1.82) is 0 Å². The Morgan fingerprint density at radius 3 is 2.84 bits per heavy atom. The Morgan fingerprint density at radius 2 is 2.21 bits per heavy atom. The molecule has 19 heavy (non-hydrogen) atoms. The standard InChI is InChI=1S/C11H12FN3O2S2/c12-9-7-8(1-2-10(9)13)19(16,17)15-4-3-11-14-5-6-18-11/h1-2,5-7,15H,3-4,13H2. The fourth-order valence-corrected chi connectivity index (χ4v) is 3.09. The minimum atomic E-state index is -3.72. The normalized spacial score (nSPS) is 11.6. The van der Waals surface area contributed by atoms with E-state index in [0.717, 1.165) is 11.1 Å². The summed E-state index contributed by atoms with van der Waals surface area (Å²) in [6, 6.07) is 3.40. The largest absolute Gasteiger partial charge is 0.396 e. The molecule has 8 heteroatoms. The first-order valence-electron chi connectivity index (χ1n) is 5.42. The number of hydrogen-bond donors (Lipinski definition) is 2. The van der Waals surface area contributed by atoms with Gasteiger partial charge >= 0.3 is 0 Å². The zero-order chi connectivity index (χ0) is 13.9. The molecule has 1 aromatic carbocycles. The number of nitrogens with two attached hydrogens (primary N) is 1. The molecule has 0 saturated carbocycles. The molecule has 1 aromatic heterocycles. The van der Waals surface area contributed by atoms with Crippen LogP contribution in [0.5, 0.6) is 0 Å². The summed E-state index contributed by atoms with van der Waals surface area (Å²) in [5.41, 5.74) is 5.22. The number of nitrogen functional groups attached to an aromatic ring is 1. The van der Waals surface area contributed by atoms with Crippen molar-refractivity contribution >= 4 is 27.0 Å².